The Morgan fingerprint density at radius 2 is 2.05 bits per heavy atom. The predicted molar refractivity (Wildman–Crippen MR) is 82.2 cm³/mol. The molecular weight excluding hydrogens is 307 g/mol. The molecule has 0 spiro atoms. The molecule has 1 heterocycles. The van der Waals surface area contributed by atoms with Gasteiger partial charge in [0.05, 0.1) is 12.3 Å². The third kappa shape index (κ3) is 4.74. The Labute approximate surface area is 129 Å². The zero-order chi connectivity index (χ0) is 16.2. The maximum absolute atomic E-state index is 13.1. The predicted octanol–water partition coefficient (Wildman–Crippen LogP) is 1.30. The molecule has 8 heteroatoms. The van der Waals surface area contributed by atoms with Gasteiger partial charge >= 0.3 is 0 Å². The molecule has 2 rings (SSSR count). The Morgan fingerprint density at radius 1 is 1.27 bits per heavy atom. The molecule has 0 bridgehead atoms. The van der Waals surface area contributed by atoms with E-state index in [-0.39, 0.29) is 12.3 Å². The standard InChI is InChI=1S/C14H17FN4O2S/c1-19(2)14-6-7-16-13(18-14)9-17-22(20,21)10-11-4-3-5-12(15)8-11/h3-8,17H,9-10H2,1-2H3. The van der Waals surface area contributed by atoms with E-state index >= 15 is 0 Å². The van der Waals surface area contributed by atoms with Gasteiger partial charge < -0.3 is 4.90 Å². The number of rotatable bonds is 6. The number of nitrogens with one attached hydrogen (secondary N) is 1. The van der Waals surface area contributed by atoms with Gasteiger partial charge in [0, 0.05) is 20.3 Å². The van der Waals surface area contributed by atoms with Crippen molar-refractivity contribution < 1.29 is 12.8 Å². The summed E-state index contributed by atoms with van der Waals surface area (Å²) in [6, 6.07) is 7.23. The Hall–Kier alpha value is -2.06. The molecule has 22 heavy (non-hydrogen) atoms. The molecule has 0 aliphatic rings. The van der Waals surface area contributed by atoms with Crippen LogP contribution in [0.1, 0.15) is 11.4 Å². The van der Waals surface area contributed by atoms with Crippen LogP contribution in [0, 0.1) is 5.82 Å². The number of anilines is 1. The Balaban J connectivity index is 2.02. The molecule has 118 valence electrons. The minimum atomic E-state index is -3.59. The molecule has 0 saturated heterocycles. The first-order valence-corrected chi connectivity index (χ1v) is 8.22. The smallest absolute Gasteiger partial charge is 0.216 e. The molecule has 0 fully saturated rings. The summed E-state index contributed by atoms with van der Waals surface area (Å²) in [6.45, 7) is -0.0146. The van der Waals surface area contributed by atoms with Crippen LogP contribution in [-0.4, -0.2) is 32.5 Å². The zero-order valence-electron chi connectivity index (χ0n) is 12.3. The zero-order valence-corrected chi connectivity index (χ0v) is 13.1. The van der Waals surface area contributed by atoms with E-state index in [1.54, 1.807) is 23.2 Å². The molecule has 0 unspecified atom stereocenters. The summed E-state index contributed by atoms with van der Waals surface area (Å²) >= 11 is 0. The molecule has 6 nitrogen and oxygen atoms in total. The van der Waals surface area contributed by atoms with E-state index in [1.807, 2.05) is 14.1 Å². The molecule has 1 N–H and O–H groups in total. The van der Waals surface area contributed by atoms with Gasteiger partial charge in [-0.1, -0.05) is 12.1 Å². The van der Waals surface area contributed by atoms with Crippen LogP contribution in [0.25, 0.3) is 0 Å². The van der Waals surface area contributed by atoms with Crippen molar-refractivity contribution >= 4 is 15.8 Å². The van der Waals surface area contributed by atoms with Gasteiger partial charge in [0.25, 0.3) is 0 Å². The molecule has 1 aromatic carbocycles. The van der Waals surface area contributed by atoms with Crippen LogP contribution in [0.4, 0.5) is 10.2 Å². The Morgan fingerprint density at radius 3 is 2.73 bits per heavy atom. The van der Waals surface area contributed by atoms with Crippen LogP contribution in [0.3, 0.4) is 0 Å². The van der Waals surface area contributed by atoms with Gasteiger partial charge in [-0.05, 0) is 23.8 Å². The van der Waals surface area contributed by atoms with Crippen molar-refractivity contribution in [1.29, 1.82) is 0 Å². The van der Waals surface area contributed by atoms with Gasteiger partial charge in [-0.3, -0.25) is 0 Å². The van der Waals surface area contributed by atoms with Crippen LogP contribution in [-0.2, 0) is 22.3 Å². The summed E-state index contributed by atoms with van der Waals surface area (Å²) < 4.78 is 39.5. The van der Waals surface area contributed by atoms with Gasteiger partial charge in [-0.25, -0.2) is 27.5 Å². The molecular formula is C14H17FN4O2S. The van der Waals surface area contributed by atoms with Crippen LogP contribution >= 0.6 is 0 Å². The Bertz CT molecular complexity index is 750. The lowest BCUT2D eigenvalue weighted by molar-refractivity contribution is 0.578. The van der Waals surface area contributed by atoms with Crippen LogP contribution in [0.15, 0.2) is 36.5 Å². The molecule has 1 aromatic heterocycles. The third-order valence-corrected chi connectivity index (χ3v) is 4.14. The van der Waals surface area contributed by atoms with E-state index in [1.165, 1.54) is 18.2 Å². The first-order chi connectivity index (χ1) is 10.4. The fraction of sp³-hybridized carbons (Fsp3) is 0.286. The SMILES string of the molecule is CN(C)c1ccnc(CNS(=O)(=O)Cc2cccc(F)c2)n1. The van der Waals surface area contributed by atoms with Gasteiger partial charge in [0.2, 0.25) is 10.0 Å². The molecule has 0 saturated carbocycles. The van der Waals surface area contributed by atoms with Crippen molar-refractivity contribution in [2.24, 2.45) is 0 Å². The average molecular weight is 324 g/mol. The van der Waals surface area contributed by atoms with E-state index in [0.29, 0.717) is 17.2 Å². The van der Waals surface area contributed by atoms with Crippen molar-refractivity contribution in [2.75, 3.05) is 19.0 Å². The first kappa shape index (κ1) is 16.3. The average Bonchev–Trinajstić information content (AvgIpc) is 2.45. The van der Waals surface area contributed by atoms with Crippen molar-refractivity contribution in [3.05, 3.63) is 53.7 Å². The van der Waals surface area contributed by atoms with Crippen molar-refractivity contribution in [1.82, 2.24) is 14.7 Å². The quantitative estimate of drug-likeness (QED) is 0.867. The van der Waals surface area contributed by atoms with Crippen molar-refractivity contribution in [3.63, 3.8) is 0 Å². The normalized spacial score (nSPS) is 11.4. The van der Waals surface area contributed by atoms with E-state index < -0.39 is 15.8 Å². The molecule has 2 aromatic rings. The third-order valence-electron chi connectivity index (χ3n) is 2.84. The summed E-state index contributed by atoms with van der Waals surface area (Å²) in [4.78, 5) is 10.0. The maximum Gasteiger partial charge on any atom is 0.216 e. The fourth-order valence-corrected chi connectivity index (χ4v) is 2.86. The lowest BCUT2D eigenvalue weighted by atomic mass is 10.2. The maximum atomic E-state index is 13.1. The van der Waals surface area contributed by atoms with Crippen molar-refractivity contribution in [2.45, 2.75) is 12.3 Å². The highest BCUT2D eigenvalue weighted by molar-refractivity contribution is 7.88. The van der Waals surface area contributed by atoms with E-state index in [0.717, 1.165) is 0 Å². The molecule has 0 radical (unpaired) electrons. The van der Waals surface area contributed by atoms with Gasteiger partial charge in [0.15, 0.2) is 0 Å². The monoisotopic (exact) mass is 324 g/mol. The highest BCUT2D eigenvalue weighted by atomic mass is 32.2. The number of hydrogen-bond acceptors (Lipinski definition) is 5. The van der Waals surface area contributed by atoms with Crippen molar-refractivity contribution in [3.8, 4) is 0 Å². The lowest BCUT2D eigenvalue weighted by Crippen LogP contribution is -2.26. The first-order valence-electron chi connectivity index (χ1n) is 6.57. The Kier molecular flexibility index (Phi) is 5.04. The second kappa shape index (κ2) is 6.80. The number of sulfonamides is 1. The van der Waals surface area contributed by atoms with Gasteiger partial charge in [-0.15, -0.1) is 0 Å². The summed E-state index contributed by atoms with van der Waals surface area (Å²) in [5, 5.41) is 0. The number of nitrogens with zero attached hydrogens (tertiary/aromatic N) is 3. The summed E-state index contributed by atoms with van der Waals surface area (Å²) in [5.41, 5.74) is 0.385. The molecule has 0 aliphatic carbocycles. The van der Waals surface area contributed by atoms with Gasteiger partial charge in [0.1, 0.15) is 17.5 Å². The minimum absolute atomic E-state index is 0.0146. The molecule has 0 amide bonds. The van der Waals surface area contributed by atoms with Crippen LogP contribution < -0.4 is 9.62 Å². The van der Waals surface area contributed by atoms with Gasteiger partial charge in [-0.2, -0.15) is 0 Å². The summed E-state index contributed by atoms with van der Waals surface area (Å²) in [7, 11) is 0.0742. The van der Waals surface area contributed by atoms with Crippen LogP contribution in [0.5, 0.6) is 0 Å². The highest BCUT2D eigenvalue weighted by Gasteiger charge is 2.13. The number of hydrogen-bond donors (Lipinski definition) is 1. The minimum Gasteiger partial charge on any atom is -0.363 e. The molecule has 0 atom stereocenters. The second-order valence-electron chi connectivity index (χ2n) is 4.94. The topological polar surface area (TPSA) is 75.2 Å². The number of halogens is 1. The number of aromatic nitrogens is 2. The lowest BCUT2D eigenvalue weighted by Gasteiger charge is -2.12. The van der Waals surface area contributed by atoms with E-state index in [4.69, 9.17) is 0 Å². The number of benzene rings is 1. The van der Waals surface area contributed by atoms with E-state index in [2.05, 4.69) is 14.7 Å². The fourth-order valence-electron chi connectivity index (χ4n) is 1.79. The summed E-state index contributed by atoms with van der Waals surface area (Å²) in [6.07, 6.45) is 1.57. The molecule has 0 aliphatic heterocycles. The summed E-state index contributed by atoms with van der Waals surface area (Å²) in [5.74, 6) is 0.302. The van der Waals surface area contributed by atoms with Crippen LogP contribution in [0.2, 0.25) is 0 Å². The highest BCUT2D eigenvalue weighted by Crippen LogP contribution is 2.09. The largest absolute Gasteiger partial charge is 0.363 e. The van der Waals surface area contributed by atoms with E-state index in [9.17, 15) is 12.8 Å². The second-order valence-corrected chi connectivity index (χ2v) is 6.74.